The Morgan fingerprint density at radius 3 is 1.44 bits per heavy atom. The van der Waals surface area contributed by atoms with Gasteiger partial charge in [-0.2, -0.15) is 26.3 Å². The van der Waals surface area contributed by atoms with Crippen molar-refractivity contribution in [2.45, 2.75) is 24.8 Å². The predicted octanol–water partition coefficient (Wildman–Crippen LogP) is 6.74. The van der Waals surface area contributed by atoms with Crippen molar-refractivity contribution in [2.75, 3.05) is 23.9 Å². The zero-order valence-corrected chi connectivity index (χ0v) is 18.6. The number of carbonyl (C=O) groups excluding carboxylic acids is 1. The number of amides is 1. The Morgan fingerprint density at radius 1 is 0.647 bits per heavy atom. The van der Waals surface area contributed by atoms with E-state index in [9.17, 15) is 31.1 Å². The summed E-state index contributed by atoms with van der Waals surface area (Å²) in [4.78, 5) is 16.4. The van der Waals surface area contributed by atoms with Crippen molar-refractivity contribution >= 4 is 17.3 Å². The van der Waals surface area contributed by atoms with Gasteiger partial charge in [0, 0.05) is 25.5 Å². The van der Waals surface area contributed by atoms with Gasteiger partial charge in [-0.15, -0.1) is 0 Å². The zero-order chi connectivity index (χ0) is 25.3. The lowest BCUT2D eigenvalue weighted by Gasteiger charge is -2.42. The number of halogens is 6. The van der Waals surface area contributed by atoms with Gasteiger partial charge in [0.25, 0.3) is 5.91 Å². The van der Waals surface area contributed by atoms with E-state index in [0.29, 0.717) is 23.5 Å². The molecule has 180 valence electrons. The minimum atomic E-state index is -5.05. The lowest BCUT2D eigenvalue weighted by Crippen LogP contribution is -2.54. The molecule has 3 aromatic carbocycles. The van der Waals surface area contributed by atoms with E-state index in [1.54, 1.807) is 60.7 Å². The first-order valence-corrected chi connectivity index (χ1v) is 10.2. The van der Waals surface area contributed by atoms with E-state index in [2.05, 4.69) is 0 Å². The van der Waals surface area contributed by atoms with Crippen molar-refractivity contribution in [3.8, 4) is 0 Å². The number of rotatable bonds is 5. The highest BCUT2D eigenvalue weighted by Crippen LogP contribution is 2.41. The first-order valence-electron chi connectivity index (χ1n) is 10.2. The number of nitrogens with zero attached hydrogens (tertiary/aromatic N) is 2. The third kappa shape index (κ3) is 4.88. The minimum Gasteiger partial charge on any atom is -0.357 e. The van der Waals surface area contributed by atoms with Crippen LogP contribution in [0.2, 0.25) is 0 Å². The summed E-state index contributed by atoms with van der Waals surface area (Å²) < 4.78 is 81.6. The van der Waals surface area contributed by atoms with E-state index in [1.807, 2.05) is 0 Å². The molecule has 0 N–H and O–H groups in total. The molecule has 0 saturated carbocycles. The number of hydrogen-bond donors (Lipinski definition) is 0. The van der Waals surface area contributed by atoms with Gasteiger partial charge >= 0.3 is 12.4 Å². The third-order valence-electron chi connectivity index (χ3n) is 5.83. The Hall–Kier alpha value is -3.49. The summed E-state index contributed by atoms with van der Waals surface area (Å²) in [5, 5.41) is 0. The molecule has 3 rings (SSSR count). The van der Waals surface area contributed by atoms with Crippen molar-refractivity contribution in [2.24, 2.45) is 0 Å². The maximum atomic E-state index is 13.8. The van der Waals surface area contributed by atoms with E-state index < -0.39 is 40.5 Å². The summed E-state index contributed by atoms with van der Waals surface area (Å²) >= 11 is 0. The van der Waals surface area contributed by atoms with Gasteiger partial charge in [-0.05, 0) is 55.0 Å². The zero-order valence-electron chi connectivity index (χ0n) is 18.6. The van der Waals surface area contributed by atoms with E-state index in [4.69, 9.17) is 0 Å². The average molecular weight is 480 g/mol. The molecule has 0 aliphatic heterocycles. The highest BCUT2D eigenvalue weighted by Gasteiger charge is 2.45. The molecule has 0 spiro atoms. The predicted molar refractivity (Wildman–Crippen MR) is 118 cm³/mol. The van der Waals surface area contributed by atoms with Crippen LogP contribution in [0.5, 0.6) is 0 Å². The minimum absolute atomic E-state index is 0.0534. The summed E-state index contributed by atoms with van der Waals surface area (Å²) in [6.45, 7) is 1.32. The fourth-order valence-electron chi connectivity index (χ4n) is 3.70. The van der Waals surface area contributed by atoms with Crippen LogP contribution in [0.3, 0.4) is 0 Å². The SMILES string of the molecule is CN(C(=O)C(C)(c1cc(C(F)(F)F)cc(C(F)(F)F)c1)N(C)c1ccccc1)c1ccccc1. The van der Waals surface area contributed by atoms with Crippen LogP contribution < -0.4 is 9.80 Å². The van der Waals surface area contributed by atoms with Gasteiger partial charge in [0.15, 0.2) is 0 Å². The number of hydrogen-bond acceptors (Lipinski definition) is 2. The van der Waals surface area contributed by atoms with Gasteiger partial charge in [0.2, 0.25) is 0 Å². The maximum Gasteiger partial charge on any atom is 0.416 e. The molecule has 0 aliphatic rings. The summed E-state index contributed by atoms with van der Waals surface area (Å²) in [5.74, 6) is -0.711. The Bertz CT molecular complexity index is 1110. The van der Waals surface area contributed by atoms with Crippen LogP contribution in [0.25, 0.3) is 0 Å². The molecule has 0 fully saturated rings. The number of anilines is 2. The van der Waals surface area contributed by atoms with Gasteiger partial charge in [0.1, 0.15) is 5.54 Å². The average Bonchev–Trinajstić information content (AvgIpc) is 2.81. The topological polar surface area (TPSA) is 23.6 Å². The van der Waals surface area contributed by atoms with E-state index in [0.717, 1.165) is 0 Å². The van der Waals surface area contributed by atoms with Crippen molar-refractivity contribution in [1.82, 2.24) is 0 Å². The van der Waals surface area contributed by atoms with Crippen molar-refractivity contribution in [3.05, 3.63) is 95.6 Å². The second-order valence-corrected chi connectivity index (χ2v) is 7.96. The Balaban J connectivity index is 2.29. The fraction of sp³-hybridized carbons (Fsp3) is 0.240. The molecule has 3 nitrogen and oxygen atoms in total. The largest absolute Gasteiger partial charge is 0.416 e. The lowest BCUT2D eigenvalue weighted by molar-refractivity contribution is -0.143. The lowest BCUT2D eigenvalue weighted by atomic mass is 9.85. The van der Waals surface area contributed by atoms with Crippen LogP contribution in [0.1, 0.15) is 23.6 Å². The Morgan fingerprint density at radius 2 is 1.03 bits per heavy atom. The maximum absolute atomic E-state index is 13.8. The molecule has 1 atom stereocenters. The standard InChI is InChI=1S/C25H22F6N2O/c1-23(33(3)21-12-8-5-9-13-21,22(34)32(2)20-10-6-4-7-11-20)17-14-18(24(26,27)28)16-19(15-17)25(29,30)31/h4-16H,1-3H3. The van der Waals surface area contributed by atoms with Crippen LogP contribution in [-0.2, 0) is 22.7 Å². The molecular formula is C25H22F6N2O. The van der Waals surface area contributed by atoms with Gasteiger partial charge in [0.05, 0.1) is 11.1 Å². The van der Waals surface area contributed by atoms with Gasteiger partial charge < -0.3 is 9.80 Å². The first kappa shape index (κ1) is 25.1. The molecule has 0 heterocycles. The molecule has 34 heavy (non-hydrogen) atoms. The van der Waals surface area contributed by atoms with Crippen molar-refractivity contribution in [1.29, 1.82) is 0 Å². The van der Waals surface area contributed by atoms with Gasteiger partial charge in [-0.25, -0.2) is 0 Å². The number of alkyl halides is 6. The summed E-state index contributed by atoms with van der Waals surface area (Å²) in [6, 6.07) is 17.8. The number of carbonyl (C=O) groups is 1. The molecular weight excluding hydrogens is 458 g/mol. The van der Waals surface area contributed by atoms with Crippen LogP contribution in [0, 0.1) is 0 Å². The summed E-state index contributed by atoms with van der Waals surface area (Å²) in [6.07, 6.45) is -10.1. The van der Waals surface area contributed by atoms with Crippen molar-refractivity contribution < 1.29 is 31.1 Å². The third-order valence-corrected chi connectivity index (χ3v) is 5.83. The Labute approximate surface area is 193 Å². The van der Waals surface area contributed by atoms with Crippen LogP contribution in [0.15, 0.2) is 78.9 Å². The fourth-order valence-corrected chi connectivity index (χ4v) is 3.70. The van der Waals surface area contributed by atoms with Gasteiger partial charge in [-0.1, -0.05) is 36.4 Å². The normalized spacial score (nSPS) is 13.8. The van der Waals surface area contributed by atoms with E-state index in [-0.39, 0.29) is 6.07 Å². The Kier molecular flexibility index (Phi) is 6.68. The van der Waals surface area contributed by atoms with Gasteiger partial charge in [-0.3, -0.25) is 4.79 Å². The summed E-state index contributed by atoms with van der Waals surface area (Å²) in [5.41, 5.74) is -4.46. The molecule has 3 aromatic rings. The highest BCUT2D eigenvalue weighted by atomic mass is 19.4. The number of para-hydroxylation sites is 2. The quantitative estimate of drug-likeness (QED) is 0.378. The number of likely N-dealkylation sites (N-methyl/N-ethyl adjacent to an activating group) is 2. The van der Waals surface area contributed by atoms with Crippen LogP contribution in [-0.4, -0.2) is 20.0 Å². The van der Waals surface area contributed by atoms with E-state index >= 15 is 0 Å². The molecule has 9 heteroatoms. The molecule has 0 aliphatic carbocycles. The van der Waals surface area contributed by atoms with Crippen LogP contribution >= 0.6 is 0 Å². The van der Waals surface area contributed by atoms with Crippen LogP contribution in [0.4, 0.5) is 37.7 Å². The molecule has 1 amide bonds. The second kappa shape index (κ2) is 9.04. The highest BCUT2D eigenvalue weighted by molar-refractivity contribution is 6.02. The second-order valence-electron chi connectivity index (χ2n) is 7.96. The number of benzene rings is 3. The molecule has 0 aromatic heterocycles. The van der Waals surface area contributed by atoms with E-state index in [1.165, 1.54) is 30.8 Å². The molecule has 0 saturated heterocycles. The molecule has 0 bridgehead atoms. The van der Waals surface area contributed by atoms with Crippen molar-refractivity contribution in [3.63, 3.8) is 0 Å². The summed E-state index contributed by atoms with van der Waals surface area (Å²) in [7, 11) is 2.88. The smallest absolute Gasteiger partial charge is 0.357 e. The molecule has 1 unspecified atom stereocenters. The molecule has 0 radical (unpaired) electrons. The monoisotopic (exact) mass is 480 g/mol. The first-order chi connectivity index (χ1) is 15.8.